The maximum Gasteiger partial charge on any atom is 0.310 e. The van der Waals surface area contributed by atoms with E-state index in [-0.39, 0.29) is 32.5 Å². The minimum atomic E-state index is -3.72. The van der Waals surface area contributed by atoms with Gasteiger partial charge in [0.05, 0.1) is 12.5 Å². The van der Waals surface area contributed by atoms with Gasteiger partial charge in [-0.25, -0.2) is 0 Å². The van der Waals surface area contributed by atoms with Crippen LogP contribution in [0.3, 0.4) is 0 Å². The van der Waals surface area contributed by atoms with Crippen molar-refractivity contribution in [3.05, 3.63) is 35.9 Å². The average Bonchev–Trinajstić information content (AvgIpc) is 2.57. The molecule has 8 heteroatoms. The third-order valence-electron chi connectivity index (χ3n) is 4.56. The van der Waals surface area contributed by atoms with E-state index in [2.05, 4.69) is 0 Å². The van der Waals surface area contributed by atoms with Crippen LogP contribution < -0.4 is 0 Å². The zero-order valence-electron chi connectivity index (χ0n) is 14.0. The van der Waals surface area contributed by atoms with Crippen molar-refractivity contribution in [2.75, 3.05) is 26.7 Å². The lowest BCUT2D eigenvalue weighted by atomic mass is 9.74. The molecule has 1 heterocycles. The molecule has 1 aromatic rings. The second-order valence-electron chi connectivity index (χ2n) is 5.96. The highest BCUT2D eigenvalue weighted by Crippen LogP contribution is 2.36. The maximum absolute atomic E-state index is 12.5. The Kier molecular flexibility index (Phi) is 5.97. The minimum Gasteiger partial charge on any atom is -0.481 e. The molecule has 0 atom stereocenters. The van der Waals surface area contributed by atoms with Gasteiger partial charge < -0.3 is 5.11 Å². The Balaban J connectivity index is 2.14. The zero-order valence-corrected chi connectivity index (χ0v) is 14.8. The summed E-state index contributed by atoms with van der Waals surface area (Å²) < 4.78 is 27.1. The number of benzene rings is 1. The van der Waals surface area contributed by atoms with Crippen molar-refractivity contribution >= 4 is 16.2 Å². The van der Waals surface area contributed by atoms with E-state index in [1.165, 1.54) is 11.4 Å². The van der Waals surface area contributed by atoms with Gasteiger partial charge in [-0.3, -0.25) is 9.63 Å². The molecule has 0 unspecified atom stereocenters. The van der Waals surface area contributed by atoms with Gasteiger partial charge in [0.2, 0.25) is 0 Å². The molecule has 1 aromatic carbocycles. The number of nitrogens with zero attached hydrogens (tertiary/aromatic N) is 2. The molecule has 0 bridgehead atoms. The summed E-state index contributed by atoms with van der Waals surface area (Å²) in [6, 6.07) is 9.44. The Morgan fingerprint density at radius 3 is 2.33 bits per heavy atom. The van der Waals surface area contributed by atoms with Crippen LogP contribution in [0, 0.1) is 5.41 Å². The number of hydrogen-bond donors (Lipinski definition) is 1. The second kappa shape index (κ2) is 7.60. The summed E-state index contributed by atoms with van der Waals surface area (Å²) in [6.45, 7) is 2.22. The normalized spacial score (nSPS) is 18.6. The third-order valence-corrected chi connectivity index (χ3v) is 6.50. The number of rotatable bonds is 7. The van der Waals surface area contributed by atoms with E-state index in [0.29, 0.717) is 6.42 Å². The van der Waals surface area contributed by atoms with E-state index in [4.69, 9.17) is 4.84 Å². The predicted molar refractivity (Wildman–Crippen MR) is 89.3 cm³/mol. The first-order valence-electron chi connectivity index (χ1n) is 7.95. The molecule has 1 fully saturated rings. The highest BCUT2D eigenvalue weighted by atomic mass is 32.2. The molecular formula is C16H24N2O5S. The highest BCUT2D eigenvalue weighted by molar-refractivity contribution is 7.86. The first-order chi connectivity index (χ1) is 11.4. The number of carboxylic acid groups (broad SMARTS) is 1. The van der Waals surface area contributed by atoms with Crippen LogP contribution in [0.15, 0.2) is 30.3 Å². The quantitative estimate of drug-likeness (QED) is 0.749. The summed E-state index contributed by atoms with van der Waals surface area (Å²) in [6.07, 6.45) is 0.953. The van der Waals surface area contributed by atoms with Crippen molar-refractivity contribution in [3.63, 3.8) is 0 Å². The van der Waals surface area contributed by atoms with Crippen molar-refractivity contribution in [1.82, 2.24) is 8.77 Å². The fourth-order valence-corrected chi connectivity index (χ4v) is 4.53. The van der Waals surface area contributed by atoms with Gasteiger partial charge in [-0.2, -0.15) is 12.7 Å². The van der Waals surface area contributed by atoms with Gasteiger partial charge >= 0.3 is 16.2 Å². The van der Waals surface area contributed by atoms with Crippen LogP contribution in [-0.4, -0.2) is 55.0 Å². The van der Waals surface area contributed by atoms with Crippen LogP contribution in [0.2, 0.25) is 0 Å². The van der Waals surface area contributed by atoms with E-state index < -0.39 is 21.6 Å². The SMILES string of the molecule is CCN(OC)S(=O)(=O)N1CCC(Cc2ccccc2)(C(=O)O)CC1. The van der Waals surface area contributed by atoms with E-state index in [1.807, 2.05) is 30.3 Å². The smallest absolute Gasteiger partial charge is 0.310 e. The van der Waals surface area contributed by atoms with Gasteiger partial charge in [-0.15, -0.1) is 0 Å². The molecule has 0 aliphatic carbocycles. The predicted octanol–water partition coefficient (Wildman–Crippen LogP) is 1.52. The van der Waals surface area contributed by atoms with Gasteiger partial charge in [0.25, 0.3) is 0 Å². The fraction of sp³-hybridized carbons (Fsp3) is 0.562. The molecule has 7 nitrogen and oxygen atoms in total. The summed E-state index contributed by atoms with van der Waals surface area (Å²) in [5, 5.41) is 9.74. The number of aliphatic carboxylic acids is 1. The molecule has 0 radical (unpaired) electrons. The summed E-state index contributed by atoms with van der Waals surface area (Å²) in [5.74, 6) is -0.873. The molecule has 1 saturated heterocycles. The lowest BCUT2D eigenvalue weighted by molar-refractivity contribution is -0.151. The van der Waals surface area contributed by atoms with Crippen molar-refractivity contribution in [2.45, 2.75) is 26.2 Å². The molecular weight excluding hydrogens is 332 g/mol. The Hall–Kier alpha value is -1.48. The fourth-order valence-electron chi connectivity index (χ4n) is 3.11. The van der Waals surface area contributed by atoms with Crippen LogP contribution in [0.1, 0.15) is 25.3 Å². The van der Waals surface area contributed by atoms with E-state index in [0.717, 1.165) is 10.0 Å². The summed E-state index contributed by atoms with van der Waals surface area (Å²) in [7, 11) is -2.41. The van der Waals surface area contributed by atoms with Crippen molar-refractivity contribution in [2.24, 2.45) is 5.41 Å². The van der Waals surface area contributed by atoms with Crippen LogP contribution in [0.5, 0.6) is 0 Å². The van der Waals surface area contributed by atoms with Crippen LogP contribution in [0.4, 0.5) is 0 Å². The molecule has 0 aromatic heterocycles. The molecule has 1 aliphatic rings. The lowest BCUT2D eigenvalue weighted by Gasteiger charge is -2.39. The first kappa shape index (κ1) is 18.9. The topological polar surface area (TPSA) is 87.2 Å². The van der Waals surface area contributed by atoms with Crippen LogP contribution >= 0.6 is 0 Å². The molecule has 24 heavy (non-hydrogen) atoms. The molecule has 1 aliphatic heterocycles. The number of piperidine rings is 1. The van der Waals surface area contributed by atoms with Gasteiger partial charge in [-0.05, 0) is 31.7 Å². The van der Waals surface area contributed by atoms with Gasteiger partial charge in [-0.1, -0.05) is 34.8 Å². The van der Waals surface area contributed by atoms with Gasteiger partial charge in [0.15, 0.2) is 0 Å². The van der Waals surface area contributed by atoms with Crippen LogP contribution in [-0.2, 0) is 26.3 Å². The van der Waals surface area contributed by atoms with Crippen molar-refractivity contribution in [3.8, 4) is 0 Å². The summed E-state index contributed by atoms with van der Waals surface area (Å²) >= 11 is 0. The Morgan fingerprint density at radius 1 is 1.29 bits per heavy atom. The number of carbonyl (C=O) groups is 1. The number of hydroxylamine groups is 1. The summed E-state index contributed by atoms with van der Waals surface area (Å²) in [5.41, 5.74) is 0.0144. The Bertz CT molecular complexity index is 650. The largest absolute Gasteiger partial charge is 0.481 e. The molecule has 0 saturated carbocycles. The highest BCUT2D eigenvalue weighted by Gasteiger charge is 2.44. The standard InChI is InChI=1S/C16H24N2O5S/c1-3-18(23-2)24(21,22)17-11-9-16(10-12-17,15(19)20)13-14-7-5-4-6-8-14/h4-8H,3,9-13H2,1-2H3,(H,19,20). The molecule has 134 valence electrons. The Labute approximate surface area is 143 Å². The monoisotopic (exact) mass is 356 g/mol. The van der Waals surface area contributed by atoms with Gasteiger partial charge in [0.1, 0.15) is 0 Å². The average molecular weight is 356 g/mol. The number of hydrogen-bond acceptors (Lipinski definition) is 4. The maximum atomic E-state index is 12.5. The van der Waals surface area contributed by atoms with E-state index >= 15 is 0 Å². The second-order valence-corrected chi connectivity index (χ2v) is 7.78. The zero-order chi connectivity index (χ0) is 17.8. The van der Waals surface area contributed by atoms with Gasteiger partial charge in [0, 0.05) is 19.6 Å². The van der Waals surface area contributed by atoms with Crippen molar-refractivity contribution in [1.29, 1.82) is 0 Å². The molecule has 1 N–H and O–H groups in total. The van der Waals surface area contributed by atoms with E-state index in [1.54, 1.807) is 6.92 Å². The van der Waals surface area contributed by atoms with Crippen LogP contribution in [0.25, 0.3) is 0 Å². The molecule has 0 amide bonds. The van der Waals surface area contributed by atoms with E-state index in [9.17, 15) is 18.3 Å². The number of carboxylic acids is 1. The first-order valence-corrected chi connectivity index (χ1v) is 9.34. The minimum absolute atomic E-state index is 0.168. The van der Waals surface area contributed by atoms with Crippen molar-refractivity contribution < 1.29 is 23.2 Å². The summed E-state index contributed by atoms with van der Waals surface area (Å²) in [4.78, 5) is 16.8. The Morgan fingerprint density at radius 2 is 1.88 bits per heavy atom. The lowest BCUT2D eigenvalue weighted by Crippen LogP contribution is -2.51. The third kappa shape index (κ3) is 3.77. The molecule has 0 spiro atoms. The molecule has 2 rings (SSSR count).